The topological polar surface area (TPSA) is 56.2 Å². The van der Waals surface area contributed by atoms with Gasteiger partial charge in [0, 0.05) is 28.0 Å². The van der Waals surface area contributed by atoms with Crippen LogP contribution in [0.15, 0.2) is 77.2 Å². The number of methoxy groups -OCH3 is 3. The summed E-state index contributed by atoms with van der Waals surface area (Å²) < 4.78 is 16.3. The largest absolute Gasteiger partial charge is 0.497 e. The average molecular weight is 506 g/mol. The van der Waals surface area contributed by atoms with Crippen LogP contribution in [0.4, 0.5) is 5.13 Å². The van der Waals surface area contributed by atoms with E-state index in [-0.39, 0.29) is 6.04 Å². The van der Waals surface area contributed by atoms with Crippen LogP contribution in [-0.2, 0) is 0 Å². The molecule has 0 bridgehead atoms. The van der Waals surface area contributed by atoms with Gasteiger partial charge in [-0.15, -0.1) is 11.3 Å². The first-order valence-corrected chi connectivity index (χ1v) is 12.3. The van der Waals surface area contributed by atoms with Gasteiger partial charge < -0.3 is 14.2 Å². The van der Waals surface area contributed by atoms with Crippen molar-refractivity contribution in [1.29, 1.82) is 0 Å². The van der Waals surface area contributed by atoms with Crippen molar-refractivity contribution in [2.24, 2.45) is 5.10 Å². The molecule has 1 unspecified atom stereocenters. The van der Waals surface area contributed by atoms with Gasteiger partial charge in [-0.3, -0.25) is 0 Å². The summed E-state index contributed by atoms with van der Waals surface area (Å²) in [7, 11) is 4.94. The monoisotopic (exact) mass is 505 g/mol. The quantitative estimate of drug-likeness (QED) is 0.275. The van der Waals surface area contributed by atoms with Crippen LogP contribution in [0.25, 0.3) is 11.3 Å². The molecule has 1 atom stereocenters. The van der Waals surface area contributed by atoms with Gasteiger partial charge in [-0.25, -0.2) is 9.99 Å². The van der Waals surface area contributed by atoms with Crippen molar-refractivity contribution in [3.05, 3.63) is 88.3 Å². The lowest BCUT2D eigenvalue weighted by atomic mass is 9.98. The van der Waals surface area contributed by atoms with Crippen molar-refractivity contribution in [2.75, 3.05) is 26.3 Å². The van der Waals surface area contributed by atoms with Gasteiger partial charge in [-0.2, -0.15) is 5.10 Å². The third-order valence-electron chi connectivity index (χ3n) is 5.96. The minimum atomic E-state index is -0.00628. The first-order valence-electron chi connectivity index (χ1n) is 11.0. The molecule has 3 aromatic carbocycles. The molecule has 0 N–H and O–H groups in total. The smallest absolute Gasteiger partial charge is 0.207 e. The molecular weight excluding hydrogens is 482 g/mol. The minimum absolute atomic E-state index is 0.00628. The van der Waals surface area contributed by atoms with Gasteiger partial charge in [-0.05, 0) is 48.0 Å². The Bertz CT molecular complexity index is 1350. The van der Waals surface area contributed by atoms with Gasteiger partial charge in [0.25, 0.3) is 0 Å². The van der Waals surface area contributed by atoms with E-state index in [1.54, 1.807) is 32.7 Å². The lowest BCUT2D eigenvalue weighted by Gasteiger charge is -2.21. The van der Waals surface area contributed by atoms with Crippen LogP contribution < -0.4 is 19.2 Å². The molecule has 2 heterocycles. The molecular formula is C27H24ClN3O3S. The van der Waals surface area contributed by atoms with Gasteiger partial charge >= 0.3 is 0 Å². The van der Waals surface area contributed by atoms with E-state index >= 15 is 0 Å². The Hall–Kier alpha value is -3.55. The van der Waals surface area contributed by atoms with Crippen molar-refractivity contribution in [3.8, 4) is 28.5 Å². The maximum absolute atomic E-state index is 6.06. The van der Waals surface area contributed by atoms with E-state index in [2.05, 4.69) is 12.1 Å². The average Bonchev–Trinajstić information content (AvgIpc) is 3.57. The summed E-state index contributed by atoms with van der Waals surface area (Å²) >= 11 is 7.63. The zero-order valence-electron chi connectivity index (χ0n) is 19.6. The number of halogens is 1. The Morgan fingerprint density at radius 1 is 0.857 bits per heavy atom. The molecule has 8 heteroatoms. The Morgan fingerprint density at radius 2 is 1.57 bits per heavy atom. The Labute approximate surface area is 213 Å². The number of nitrogens with zero attached hydrogens (tertiary/aromatic N) is 3. The van der Waals surface area contributed by atoms with E-state index in [1.165, 1.54) is 0 Å². The number of anilines is 1. The molecule has 6 nitrogen and oxygen atoms in total. The molecule has 1 aliphatic heterocycles. The number of benzene rings is 3. The SMILES string of the molecule is COc1ccc(C2CC(c3ccc(OC)c(OC)c3)=NN2c2nc(-c3ccc(Cl)cc3)cs2)cc1. The summed E-state index contributed by atoms with van der Waals surface area (Å²) in [5.41, 5.74) is 4.98. The van der Waals surface area contributed by atoms with Crippen LogP contribution in [0.1, 0.15) is 23.6 Å². The van der Waals surface area contributed by atoms with Crippen molar-refractivity contribution in [1.82, 2.24) is 4.98 Å². The van der Waals surface area contributed by atoms with Gasteiger partial charge in [0.2, 0.25) is 5.13 Å². The zero-order chi connectivity index (χ0) is 24.4. The zero-order valence-corrected chi connectivity index (χ0v) is 21.1. The fraction of sp³-hybridized carbons (Fsp3) is 0.185. The fourth-order valence-corrected chi connectivity index (χ4v) is 5.04. The molecule has 0 saturated heterocycles. The third kappa shape index (κ3) is 4.70. The van der Waals surface area contributed by atoms with Crippen molar-refractivity contribution < 1.29 is 14.2 Å². The van der Waals surface area contributed by atoms with E-state index in [4.69, 9.17) is 35.9 Å². The highest BCUT2D eigenvalue weighted by Gasteiger charge is 2.32. The molecule has 178 valence electrons. The van der Waals surface area contributed by atoms with Crippen LogP contribution in [0, 0.1) is 0 Å². The highest BCUT2D eigenvalue weighted by molar-refractivity contribution is 7.14. The number of hydrazone groups is 1. The molecule has 4 aromatic rings. The van der Waals surface area contributed by atoms with Crippen molar-refractivity contribution in [2.45, 2.75) is 12.5 Å². The number of thiazole rings is 1. The predicted octanol–water partition coefficient (Wildman–Crippen LogP) is 6.85. The van der Waals surface area contributed by atoms with E-state index in [0.29, 0.717) is 16.5 Å². The van der Waals surface area contributed by atoms with Crippen molar-refractivity contribution >= 4 is 33.8 Å². The summed E-state index contributed by atoms with van der Waals surface area (Å²) in [6.07, 6.45) is 0.720. The minimum Gasteiger partial charge on any atom is -0.497 e. The summed E-state index contributed by atoms with van der Waals surface area (Å²) in [6.45, 7) is 0. The van der Waals surface area contributed by atoms with Crippen LogP contribution in [0.5, 0.6) is 17.2 Å². The molecule has 1 aromatic heterocycles. The molecule has 0 saturated carbocycles. The second-order valence-corrected chi connectivity index (χ2v) is 9.25. The Kier molecular flexibility index (Phi) is 6.61. The summed E-state index contributed by atoms with van der Waals surface area (Å²) in [4.78, 5) is 4.92. The van der Waals surface area contributed by atoms with Gasteiger partial charge in [0.05, 0.1) is 38.8 Å². The molecule has 0 spiro atoms. The van der Waals surface area contributed by atoms with Gasteiger partial charge in [0.1, 0.15) is 5.75 Å². The molecule has 0 amide bonds. The van der Waals surface area contributed by atoms with Crippen molar-refractivity contribution in [3.63, 3.8) is 0 Å². The van der Waals surface area contributed by atoms with E-state index in [9.17, 15) is 0 Å². The molecule has 0 fully saturated rings. The predicted molar refractivity (Wildman–Crippen MR) is 141 cm³/mol. The maximum atomic E-state index is 6.06. The molecule has 35 heavy (non-hydrogen) atoms. The third-order valence-corrected chi connectivity index (χ3v) is 7.04. The second kappa shape index (κ2) is 9.98. The number of rotatable bonds is 7. The molecule has 0 radical (unpaired) electrons. The Balaban J connectivity index is 1.53. The summed E-state index contributed by atoms with van der Waals surface area (Å²) in [5.74, 6) is 2.18. The number of aromatic nitrogens is 1. The lowest BCUT2D eigenvalue weighted by Crippen LogP contribution is -2.18. The summed E-state index contributed by atoms with van der Waals surface area (Å²) in [5, 5.41) is 10.6. The first kappa shape index (κ1) is 23.2. The van der Waals surface area contributed by atoms with E-state index in [1.807, 2.05) is 65.0 Å². The fourth-order valence-electron chi connectivity index (χ4n) is 4.09. The normalized spacial score (nSPS) is 15.1. The molecule has 1 aliphatic rings. The van der Waals surface area contributed by atoms with Gasteiger partial charge in [0.15, 0.2) is 11.5 Å². The second-order valence-electron chi connectivity index (χ2n) is 7.98. The first-order chi connectivity index (χ1) is 17.1. The van der Waals surface area contributed by atoms with Gasteiger partial charge in [-0.1, -0.05) is 35.9 Å². The van der Waals surface area contributed by atoms with Crippen LogP contribution >= 0.6 is 22.9 Å². The number of hydrogen-bond acceptors (Lipinski definition) is 7. The summed E-state index contributed by atoms with van der Waals surface area (Å²) in [6, 6.07) is 21.7. The van der Waals surface area contributed by atoms with Crippen LogP contribution in [0.3, 0.4) is 0 Å². The molecule has 5 rings (SSSR count). The van der Waals surface area contributed by atoms with E-state index < -0.39 is 0 Å². The highest BCUT2D eigenvalue weighted by atomic mass is 35.5. The highest BCUT2D eigenvalue weighted by Crippen LogP contribution is 2.40. The Morgan fingerprint density at radius 3 is 2.26 bits per heavy atom. The lowest BCUT2D eigenvalue weighted by molar-refractivity contribution is 0.355. The number of hydrogen-bond donors (Lipinski definition) is 0. The molecule has 0 aliphatic carbocycles. The standard InChI is InChI=1S/C27H24ClN3O3S/c1-32-21-11-6-18(7-12-21)24-15-22(19-8-13-25(33-2)26(14-19)34-3)30-31(24)27-29-23(16-35-27)17-4-9-20(28)10-5-17/h4-14,16,24H,15H2,1-3H3. The maximum Gasteiger partial charge on any atom is 0.207 e. The van der Waals surface area contributed by atoms with E-state index in [0.717, 1.165) is 45.4 Å². The van der Waals surface area contributed by atoms with Crippen LogP contribution in [-0.4, -0.2) is 32.0 Å². The number of ether oxygens (including phenoxy) is 3. The van der Waals surface area contributed by atoms with Crippen LogP contribution in [0.2, 0.25) is 5.02 Å².